The summed E-state index contributed by atoms with van der Waals surface area (Å²) in [6, 6.07) is 4.30. The molecular weight excluding hydrogens is 298 g/mol. The zero-order valence-electron chi connectivity index (χ0n) is 11.4. The fourth-order valence-corrected chi connectivity index (χ4v) is 4.34. The minimum absolute atomic E-state index is 0.0930. The highest BCUT2D eigenvalue weighted by molar-refractivity contribution is 6.32. The van der Waals surface area contributed by atoms with E-state index in [4.69, 9.17) is 27.9 Å². The van der Waals surface area contributed by atoms with Crippen LogP contribution in [0.5, 0.6) is 5.75 Å². The lowest BCUT2D eigenvalue weighted by Crippen LogP contribution is -2.57. The van der Waals surface area contributed by atoms with Crippen LogP contribution < -0.4 is 4.74 Å². The normalized spacial score (nSPS) is 28.8. The first-order valence-electron chi connectivity index (χ1n) is 7.37. The first-order valence-corrected chi connectivity index (χ1v) is 8.19. The van der Waals surface area contributed by atoms with Gasteiger partial charge < -0.3 is 4.74 Å². The molecule has 0 bridgehead atoms. The van der Waals surface area contributed by atoms with Crippen molar-refractivity contribution in [1.29, 1.82) is 0 Å². The maximum absolute atomic E-state index is 13.1. The summed E-state index contributed by atoms with van der Waals surface area (Å²) in [4.78, 5) is 0. The maximum atomic E-state index is 13.1. The largest absolute Gasteiger partial charge is 0.488 e. The molecule has 3 rings (SSSR count). The number of hydrogen-bond acceptors (Lipinski definition) is 1. The lowest BCUT2D eigenvalue weighted by Gasteiger charge is -2.53. The molecule has 0 N–H and O–H groups in total. The lowest BCUT2D eigenvalue weighted by atomic mass is 9.61. The number of rotatable bonds is 2. The molecule has 2 atom stereocenters. The summed E-state index contributed by atoms with van der Waals surface area (Å²) in [5, 5.41) is 0.539. The zero-order valence-corrected chi connectivity index (χ0v) is 12.9. The van der Waals surface area contributed by atoms with Gasteiger partial charge in [-0.1, -0.05) is 37.3 Å². The van der Waals surface area contributed by atoms with Crippen molar-refractivity contribution in [3.05, 3.63) is 29.0 Å². The standard InChI is InChI=1S/C16H19Cl2FO/c17-12-9-11(19)5-6-13(12)20-15-10-14(18)16(15)7-3-1-2-4-8-16/h5-6,9,14-15H,1-4,7-8,10H2. The van der Waals surface area contributed by atoms with Gasteiger partial charge in [0.1, 0.15) is 17.7 Å². The molecule has 0 saturated heterocycles. The Labute approximate surface area is 129 Å². The highest BCUT2D eigenvalue weighted by atomic mass is 35.5. The Morgan fingerprint density at radius 3 is 2.45 bits per heavy atom. The van der Waals surface area contributed by atoms with Crippen molar-refractivity contribution in [2.75, 3.05) is 0 Å². The Morgan fingerprint density at radius 2 is 1.85 bits per heavy atom. The van der Waals surface area contributed by atoms with Crippen LogP contribution in [-0.4, -0.2) is 11.5 Å². The first kappa shape index (κ1) is 14.5. The summed E-state index contributed by atoms with van der Waals surface area (Å²) in [6.45, 7) is 0. The van der Waals surface area contributed by atoms with Crippen molar-refractivity contribution < 1.29 is 9.13 Å². The number of ether oxygens (including phenoxy) is 1. The monoisotopic (exact) mass is 316 g/mol. The molecule has 1 aromatic rings. The van der Waals surface area contributed by atoms with Gasteiger partial charge in [-0.3, -0.25) is 0 Å². The third kappa shape index (κ3) is 2.53. The SMILES string of the molecule is Fc1ccc(OC2CC(Cl)C23CCCCCC3)c(Cl)c1. The maximum Gasteiger partial charge on any atom is 0.138 e. The Kier molecular flexibility index (Phi) is 4.14. The van der Waals surface area contributed by atoms with E-state index in [9.17, 15) is 4.39 Å². The van der Waals surface area contributed by atoms with Gasteiger partial charge >= 0.3 is 0 Å². The molecule has 0 aliphatic heterocycles. The summed E-state index contributed by atoms with van der Waals surface area (Å²) >= 11 is 12.6. The Morgan fingerprint density at radius 1 is 1.15 bits per heavy atom. The number of alkyl halides is 1. The van der Waals surface area contributed by atoms with Crippen LogP contribution in [0.15, 0.2) is 18.2 Å². The fraction of sp³-hybridized carbons (Fsp3) is 0.625. The van der Waals surface area contributed by atoms with Gasteiger partial charge in [0, 0.05) is 17.2 Å². The van der Waals surface area contributed by atoms with Crippen LogP contribution in [0.3, 0.4) is 0 Å². The molecule has 2 fully saturated rings. The van der Waals surface area contributed by atoms with Gasteiger partial charge in [0.2, 0.25) is 0 Å². The molecule has 1 spiro atoms. The van der Waals surface area contributed by atoms with E-state index < -0.39 is 0 Å². The average molecular weight is 317 g/mol. The van der Waals surface area contributed by atoms with Gasteiger partial charge in [-0.05, 0) is 31.0 Å². The zero-order chi connectivity index (χ0) is 14.2. The van der Waals surface area contributed by atoms with E-state index in [1.54, 1.807) is 6.07 Å². The molecule has 2 unspecified atom stereocenters. The third-order valence-corrected chi connectivity index (χ3v) is 5.79. The van der Waals surface area contributed by atoms with E-state index in [2.05, 4.69) is 0 Å². The van der Waals surface area contributed by atoms with Crippen molar-refractivity contribution in [3.63, 3.8) is 0 Å². The fourth-order valence-electron chi connectivity index (χ4n) is 3.61. The summed E-state index contributed by atoms with van der Waals surface area (Å²) in [6.07, 6.45) is 8.25. The van der Waals surface area contributed by atoms with Crippen LogP contribution in [0.4, 0.5) is 4.39 Å². The average Bonchev–Trinajstić information content (AvgIpc) is 2.69. The highest BCUT2D eigenvalue weighted by Crippen LogP contribution is 2.55. The molecule has 1 nitrogen and oxygen atoms in total. The van der Waals surface area contributed by atoms with Gasteiger partial charge in [0.15, 0.2) is 0 Å². The quantitative estimate of drug-likeness (QED) is 0.647. The predicted octanol–water partition coefficient (Wildman–Crippen LogP) is 5.58. The van der Waals surface area contributed by atoms with Crippen LogP contribution >= 0.6 is 23.2 Å². The van der Waals surface area contributed by atoms with E-state index in [1.807, 2.05) is 0 Å². The summed E-state index contributed by atoms with van der Waals surface area (Å²) in [5.74, 6) is 0.237. The van der Waals surface area contributed by atoms with Crippen molar-refractivity contribution >= 4 is 23.2 Å². The highest BCUT2D eigenvalue weighted by Gasteiger charge is 2.55. The molecule has 2 aliphatic carbocycles. The molecule has 0 amide bonds. The van der Waals surface area contributed by atoms with Gasteiger partial charge in [-0.2, -0.15) is 0 Å². The summed E-state index contributed by atoms with van der Waals surface area (Å²) in [7, 11) is 0. The summed E-state index contributed by atoms with van der Waals surface area (Å²) < 4.78 is 19.2. The van der Waals surface area contributed by atoms with Gasteiger partial charge in [-0.25, -0.2) is 4.39 Å². The van der Waals surface area contributed by atoms with E-state index in [1.165, 1.54) is 37.8 Å². The number of hydrogen-bond donors (Lipinski definition) is 0. The molecule has 110 valence electrons. The second-order valence-electron chi connectivity index (χ2n) is 6.03. The van der Waals surface area contributed by atoms with Crippen molar-refractivity contribution in [2.24, 2.45) is 5.41 Å². The molecule has 1 aromatic carbocycles. The second kappa shape index (κ2) is 5.73. The van der Waals surface area contributed by atoms with Crippen LogP contribution in [0.25, 0.3) is 0 Å². The molecule has 20 heavy (non-hydrogen) atoms. The Balaban J connectivity index is 1.76. The number of halogens is 3. The van der Waals surface area contributed by atoms with Gasteiger partial charge in [0.05, 0.1) is 5.02 Å². The van der Waals surface area contributed by atoms with E-state index in [0.717, 1.165) is 19.3 Å². The smallest absolute Gasteiger partial charge is 0.138 e. The Bertz CT molecular complexity index is 483. The third-order valence-electron chi connectivity index (χ3n) is 4.88. The van der Waals surface area contributed by atoms with E-state index in [0.29, 0.717) is 10.8 Å². The van der Waals surface area contributed by atoms with Crippen LogP contribution in [-0.2, 0) is 0 Å². The minimum Gasteiger partial charge on any atom is -0.488 e. The van der Waals surface area contributed by atoms with Crippen LogP contribution in [0.2, 0.25) is 5.02 Å². The Hall–Kier alpha value is -0.470. The molecule has 2 aliphatic rings. The van der Waals surface area contributed by atoms with E-state index >= 15 is 0 Å². The molecule has 2 saturated carbocycles. The van der Waals surface area contributed by atoms with Crippen LogP contribution in [0, 0.1) is 11.2 Å². The first-order chi connectivity index (χ1) is 9.62. The lowest BCUT2D eigenvalue weighted by molar-refractivity contribution is -0.0512. The van der Waals surface area contributed by atoms with Crippen molar-refractivity contribution in [1.82, 2.24) is 0 Å². The molecule has 4 heteroatoms. The van der Waals surface area contributed by atoms with Crippen molar-refractivity contribution in [3.8, 4) is 5.75 Å². The van der Waals surface area contributed by atoms with Gasteiger partial charge in [0.25, 0.3) is 0 Å². The molecular formula is C16H19Cl2FO. The molecule has 0 aromatic heterocycles. The van der Waals surface area contributed by atoms with Gasteiger partial charge in [-0.15, -0.1) is 11.6 Å². The number of benzene rings is 1. The predicted molar refractivity (Wildman–Crippen MR) is 80.2 cm³/mol. The second-order valence-corrected chi connectivity index (χ2v) is 6.97. The molecule has 0 radical (unpaired) electrons. The summed E-state index contributed by atoms with van der Waals surface area (Å²) in [5.41, 5.74) is 0.0930. The molecule has 0 heterocycles. The topological polar surface area (TPSA) is 9.23 Å². The minimum atomic E-state index is -0.338. The van der Waals surface area contributed by atoms with Crippen molar-refractivity contribution in [2.45, 2.75) is 56.4 Å². The van der Waals surface area contributed by atoms with Crippen LogP contribution in [0.1, 0.15) is 44.9 Å². The van der Waals surface area contributed by atoms with E-state index in [-0.39, 0.29) is 22.7 Å².